The van der Waals surface area contributed by atoms with E-state index in [4.69, 9.17) is 4.74 Å². The summed E-state index contributed by atoms with van der Waals surface area (Å²) in [6.45, 7) is 4.33. The molecular weight excluding hydrogens is 268 g/mol. The van der Waals surface area contributed by atoms with Crippen LogP contribution in [0.15, 0.2) is 12.3 Å². The van der Waals surface area contributed by atoms with E-state index in [0.29, 0.717) is 18.2 Å². The standard InChI is InChI=1S/C15H24N4O2/c1-2-3-4-8-16-15-17-9-7-13(19-15)14(20)18-11-12-6-5-10-21-12/h7,9,12H,2-6,8,10-11H2,1H3,(H,18,20)(H,16,17,19). The van der Waals surface area contributed by atoms with E-state index < -0.39 is 0 Å². The van der Waals surface area contributed by atoms with Crippen LogP contribution in [0.2, 0.25) is 0 Å². The first-order chi connectivity index (χ1) is 10.3. The lowest BCUT2D eigenvalue weighted by Crippen LogP contribution is -2.32. The third-order valence-corrected chi connectivity index (χ3v) is 3.47. The van der Waals surface area contributed by atoms with Crippen molar-refractivity contribution in [3.05, 3.63) is 18.0 Å². The summed E-state index contributed by atoms with van der Waals surface area (Å²) < 4.78 is 5.48. The van der Waals surface area contributed by atoms with Crippen molar-refractivity contribution in [1.29, 1.82) is 0 Å². The molecule has 1 aromatic heterocycles. The summed E-state index contributed by atoms with van der Waals surface area (Å²) in [4.78, 5) is 20.4. The van der Waals surface area contributed by atoms with Gasteiger partial charge in [0, 0.05) is 25.9 Å². The highest BCUT2D eigenvalue weighted by atomic mass is 16.5. The third-order valence-electron chi connectivity index (χ3n) is 3.47. The zero-order valence-electron chi connectivity index (χ0n) is 12.6. The number of carbonyl (C=O) groups excluding carboxylic acids is 1. The molecule has 6 nitrogen and oxygen atoms in total. The van der Waals surface area contributed by atoms with Gasteiger partial charge in [-0.2, -0.15) is 0 Å². The second kappa shape index (κ2) is 8.56. The summed E-state index contributed by atoms with van der Waals surface area (Å²) in [5, 5.41) is 6.01. The number of unbranched alkanes of at least 4 members (excludes halogenated alkanes) is 2. The summed E-state index contributed by atoms with van der Waals surface area (Å²) in [5.41, 5.74) is 0.390. The first-order valence-corrected chi connectivity index (χ1v) is 7.76. The monoisotopic (exact) mass is 292 g/mol. The molecule has 1 amide bonds. The van der Waals surface area contributed by atoms with E-state index in [1.54, 1.807) is 12.3 Å². The molecule has 1 aliphatic rings. The molecule has 2 N–H and O–H groups in total. The Bertz CT molecular complexity index is 447. The van der Waals surface area contributed by atoms with E-state index in [0.717, 1.165) is 32.4 Å². The van der Waals surface area contributed by atoms with Crippen LogP contribution in [0.3, 0.4) is 0 Å². The number of nitrogens with one attached hydrogen (secondary N) is 2. The summed E-state index contributed by atoms with van der Waals surface area (Å²) in [6.07, 6.45) is 7.25. The van der Waals surface area contributed by atoms with Gasteiger partial charge >= 0.3 is 0 Å². The molecule has 1 unspecified atom stereocenters. The molecule has 2 rings (SSSR count). The SMILES string of the molecule is CCCCCNc1nccc(C(=O)NCC2CCCO2)n1. The van der Waals surface area contributed by atoms with Gasteiger partial charge in [0.1, 0.15) is 5.69 Å². The Balaban J connectivity index is 1.79. The number of ether oxygens (including phenoxy) is 1. The van der Waals surface area contributed by atoms with E-state index in [9.17, 15) is 4.79 Å². The maximum atomic E-state index is 12.0. The van der Waals surface area contributed by atoms with Gasteiger partial charge in [0.2, 0.25) is 5.95 Å². The summed E-state index contributed by atoms with van der Waals surface area (Å²) in [6, 6.07) is 1.63. The van der Waals surface area contributed by atoms with Crippen LogP contribution >= 0.6 is 0 Å². The van der Waals surface area contributed by atoms with Crippen LogP contribution in [0.4, 0.5) is 5.95 Å². The molecule has 1 aromatic rings. The van der Waals surface area contributed by atoms with Gasteiger partial charge in [0.25, 0.3) is 5.91 Å². The van der Waals surface area contributed by atoms with Crippen LogP contribution in [0.5, 0.6) is 0 Å². The summed E-state index contributed by atoms with van der Waals surface area (Å²) >= 11 is 0. The van der Waals surface area contributed by atoms with Crippen molar-refractivity contribution in [1.82, 2.24) is 15.3 Å². The van der Waals surface area contributed by atoms with Crippen LogP contribution < -0.4 is 10.6 Å². The number of aromatic nitrogens is 2. The highest BCUT2D eigenvalue weighted by Crippen LogP contribution is 2.10. The lowest BCUT2D eigenvalue weighted by molar-refractivity contribution is 0.0853. The van der Waals surface area contributed by atoms with Gasteiger partial charge in [0.15, 0.2) is 0 Å². The van der Waals surface area contributed by atoms with Crippen molar-refractivity contribution in [3.63, 3.8) is 0 Å². The Morgan fingerprint density at radius 1 is 1.48 bits per heavy atom. The summed E-state index contributed by atoms with van der Waals surface area (Å²) in [5.74, 6) is 0.334. The average Bonchev–Trinajstić information content (AvgIpc) is 3.03. The first-order valence-electron chi connectivity index (χ1n) is 7.76. The number of hydrogen-bond acceptors (Lipinski definition) is 5. The second-order valence-electron chi connectivity index (χ2n) is 5.24. The molecule has 2 heterocycles. The van der Waals surface area contributed by atoms with Gasteiger partial charge in [-0.15, -0.1) is 0 Å². The van der Waals surface area contributed by atoms with E-state index in [-0.39, 0.29) is 12.0 Å². The minimum Gasteiger partial charge on any atom is -0.376 e. The van der Waals surface area contributed by atoms with Crippen LogP contribution in [0, 0.1) is 0 Å². The predicted octanol–water partition coefficient (Wildman–Crippen LogP) is 1.99. The minimum atomic E-state index is -0.176. The Morgan fingerprint density at radius 2 is 2.38 bits per heavy atom. The number of rotatable bonds is 8. The molecule has 0 saturated carbocycles. The molecule has 0 aromatic carbocycles. The molecule has 116 valence electrons. The van der Waals surface area contributed by atoms with Crippen LogP contribution in [0.1, 0.15) is 49.5 Å². The number of anilines is 1. The molecule has 0 aliphatic carbocycles. The van der Waals surface area contributed by atoms with Gasteiger partial charge in [-0.25, -0.2) is 9.97 Å². The van der Waals surface area contributed by atoms with Gasteiger partial charge in [-0.05, 0) is 25.3 Å². The van der Waals surface area contributed by atoms with Crippen LogP contribution in [-0.2, 0) is 4.74 Å². The number of carbonyl (C=O) groups is 1. The molecule has 0 radical (unpaired) electrons. The highest BCUT2D eigenvalue weighted by Gasteiger charge is 2.17. The van der Waals surface area contributed by atoms with Gasteiger partial charge in [0.05, 0.1) is 6.10 Å². The van der Waals surface area contributed by atoms with Crippen molar-refractivity contribution in [3.8, 4) is 0 Å². The van der Waals surface area contributed by atoms with Crippen LogP contribution in [0.25, 0.3) is 0 Å². The maximum Gasteiger partial charge on any atom is 0.270 e. The van der Waals surface area contributed by atoms with Gasteiger partial charge < -0.3 is 15.4 Å². The van der Waals surface area contributed by atoms with Crippen molar-refractivity contribution in [2.24, 2.45) is 0 Å². The fraction of sp³-hybridized carbons (Fsp3) is 0.667. The Labute approximate surface area is 125 Å². The van der Waals surface area contributed by atoms with Crippen molar-refractivity contribution in [2.45, 2.75) is 45.1 Å². The molecular formula is C15H24N4O2. The molecule has 1 fully saturated rings. The quantitative estimate of drug-likeness (QED) is 0.717. The van der Waals surface area contributed by atoms with E-state index in [1.165, 1.54) is 12.8 Å². The normalized spacial score (nSPS) is 17.7. The average molecular weight is 292 g/mol. The minimum absolute atomic E-state index is 0.141. The molecule has 21 heavy (non-hydrogen) atoms. The number of hydrogen-bond donors (Lipinski definition) is 2. The van der Waals surface area contributed by atoms with E-state index >= 15 is 0 Å². The van der Waals surface area contributed by atoms with Crippen molar-refractivity contribution >= 4 is 11.9 Å². The Hall–Kier alpha value is -1.69. The molecule has 0 bridgehead atoms. The van der Waals surface area contributed by atoms with Crippen molar-refractivity contribution < 1.29 is 9.53 Å². The zero-order valence-corrected chi connectivity index (χ0v) is 12.6. The highest BCUT2D eigenvalue weighted by molar-refractivity contribution is 5.92. The smallest absolute Gasteiger partial charge is 0.270 e. The predicted molar refractivity (Wildman–Crippen MR) is 81.4 cm³/mol. The Morgan fingerprint density at radius 3 is 3.14 bits per heavy atom. The lowest BCUT2D eigenvalue weighted by atomic mass is 10.2. The maximum absolute atomic E-state index is 12.0. The fourth-order valence-corrected chi connectivity index (χ4v) is 2.25. The van der Waals surface area contributed by atoms with Gasteiger partial charge in [-0.3, -0.25) is 4.79 Å². The molecule has 1 saturated heterocycles. The molecule has 6 heteroatoms. The van der Waals surface area contributed by atoms with E-state index in [2.05, 4.69) is 27.5 Å². The second-order valence-corrected chi connectivity index (χ2v) is 5.24. The lowest BCUT2D eigenvalue weighted by Gasteiger charge is -2.11. The fourth-order valence-electron chi connectivity index (χ4n) is 2.25. The third kappa shape index (κ3) is 5.30. The Kier molecular flexibility index (Phi) is 6.40. The summed E-state index contributed by atoms with van der Waals surface area (Å²) in [7, 11) is 0. The van der Waals surface area contributed by atoms with Crippen LogP contribution in [-0.4, -0.2) is 41.7 Å². The first kappa shape index (κ1) is 15.7. The zero-order chi connectivity index (χ0) is 14.9. The molecule has 1 atom stereocenters. The van der Waals surface area contributed by atoms with Gasteiger partial charge in [-0.1, -0.05) is 19.8 Å². The van der Waals surface area contributed by atoms with Crippen molar-refractivity contribution in [2.75, 3.05) is 25.0 Å². The molecule has 0 spiro atoms. The number of nitrogens with zero attached hydrogens (tertiary/aromatic N) is 2. The largest absolute Gasteiger partial charge is 0.376 e. The molecule has 1 aliphatic heterocycles. The topological polar surface area (TPSA) is 76.1 Å². The number of amides is 1. The van der Waals surface area contributed by atoms with E-state index in [1.807, 2.05) is 0 Å².